The molecule has 0 saturated heterocycles. The molecule has 0 aliphatic rings. The van der Waals surface area contributed by atoms with Crippen molar-refractivity contribution in [3.63, 3.8) is 0 Å². The van der Waals surface area contributed by atoms with Crippen molar-refractivity contribution >= 4 is 92.8 Å². The molecule has 0 amide bonds. The Kier molecular flexibility index (Phi) is 8.83. The van der Waals surface area contributed by atoms with Gasteiger partial charge in [0.05, 0.1) is 16.7 Å². The number of hydrogen-bond acceptors (Lipinski definition) is 2. The van der Waals surface area contributed by atoms with Crippen molar-refractivity contribution < 1.29 is 0 Å². The highest BCUT2D eigenvalue weighted by Crippen LogP contribution is 2.38. The molecule has 2 heterocycles. The summed E-state index contributed by atoms with van der Waals surface area (Å²) in [6.45, 7) is 6.63. The van der Waals surface area contributed by atoms with Crippen molar-refractivity contribution in [1.82, 2.24) is 15.0 Å². The summed E-state index contributed by atoms with van der Waals surface area (Å²) in [4.78, 5) is 17.2. The summed E-state index contributed by atoms with van der Waals surface area (Å²) in [6.07, 6.45) is 7.47. The van der Waals surface area contributed by atoms with Crippen LogP contribution < -0.4 is 0 Å². The minimum atomic E-state index is 0.449. The molecule has 1 unspecified atom stereocenters. The Bertz CT molecular complexity index is 2180. The summed E-state index contributed by atoms with van der Waals surface area (Å²) in [5.74, 6) is 3.13. The largest absolute Gasteiger partial charge is 0.360 e. The van der Waals surface area contributed by atoms with Gasteiger partial charge in [0, 0.05) is 44.1 Å². The molecule has 0 bridgehead atoms. The molecule has 6 heteroatoms. The monoisotopic (exact) mass is 704 g/mol. The molecule has 4 nitrogen and oxygen atoms in total. The fraction of sp³-hybridized carbons (Fsp3) is 0.158. The standard InChI is InChI=1S/C37H31BrN4.CH3Br/c1-4-22(2)17-24(31-18-25(38)14-13-23(31)3)20-39-26-15-16-30-32(19-26)27-9-5-6-11-29(27)35-36(30)42-37(41-35)33-21-40-34-12-8-7-10-28(33)34;1-2/h5-22,40H,4H2,1-3H3,(H,41,42);1H3/b24-17-,39-20?;. The summed E-state index contributed by atoms with van der Waals surface area (Å²) >= 11 is 6.60. The molecule has 0 fully saturated rings. The zero-order valence-electron chi connectivity index (χ0n) is 25.2. The van der Waals surface area contributed by atoms with Gasteiger partial charge in [-0.1, -0.05) is 113 Å². The summed E-state index contributed by atoms with van der Waals surface area (Å²) < 4.78 is 1.07. The fourth-order valence-electron chi connectivity index (χ4n) is 5.81. The van der Waals surface area contributed by atoms with Gasteiger partial charge < -0.3 is 9.97 Å². The van der Waals surface area contributed by atoms with Crippen molar-refractivity contribution in [3.05, 3.63) is 113 Å². The van der Waals surface area contributed by atoms with E-state index in [9.17, 15) is 0 Å². The average molecular weight is 707 g/mol. The number of rotatable bonds is 6. The maximum absolute atomic E-state index is 5.13. The molecule has 0 aliphatic carbocycles. The quantitative estimate of drug-likeness (QED) is 0.101. The number of aromatic amines is 2. The third kappa shape index (κ3) is 5.64. The number of alkyl halides is 1. The van der Waals surface area contributed by atoms with Gasteiger partial charge in [-0.2, -0.15) is 0 Å². The molecule has 220 valence electrons. The van der Waals surface area contributed by atoms with Crippen molar-refractivity contribution in [3.8, 4) is 11.4 Å². The summed E-state index contributed by atoms with van der Waals surface area (Å²) in [7, 11) is 0. The van der Waals surface area contributed by atoms with E-state index in [4.69, 9.17) is 9.98 Å². The molecular weight excluding hydrogens is 672 g/mol. The van der Waals surface area contributed by atoms with Crippen LogP contribution in [0.5, 0.6) is 0 Å². The zero-order valence-corrected chi connectivity index (χ0v) is 28.4. The van der Waals surface area contributed by atoms with Gasteiger partial charge in [-0.15, -0.1) is 0 Å². The lowest BCUT2D eigenvalue weighted by atomic mass is 9.96. The molecule has 0 spiro atoms. The van der Waals surface area contributed by atoms with E-state index < -0.39 is 0 Å². The smallest absolute Gasteiger partial charge is 0.140 e. The SMILES string of the molecule is CBr.CCC(C)/C=C(/C=Nc1ccc2c(c1)c1ccccc1c1nc(-c3c[nH]c4ccccc34)[nH]c21)c1cc(Br)ccc1C. The van der Waals surface area contributed by atoms with Crippen molar-refractivity contribution in [1.29, 1.82) is 0 Å². The van der Waals surface area contributed by atoms with Gasteiger partial charge in [-0.05, 0) is 76.5 Å². The van der Waals surface area contributed by atoms with Gasteiger partial charge in [0.15, 0.2) is 0 Å². The van der Waals surface area contributed by atoms with Gasteiger partial charge in [-0.3, -0.25) is 4.99 Å². The number of nitrogens with one attached hydrogen (secondary N) is 2. The van der Waals surface area contributed by atoms with Crippen LogP contribution in [0.3, 0.4) is 0 Å². The van der Waals surface area contributed by atoms with E-state index in [1.807, 2.05) is 24.3 Å². The molecule has 0 radical (unpaired) electrons. The number of aromatic nitrogens is 3. The van der Waals surface area contributed by atoms with E-state index in [2.05, 4.69) is 148 Å². The average Bonchev–Trinajstić information content (AvgIpc) is 3.70. The Morgan fingerprint density at radius 1 is 0.886 bits per heavy atom. The Balaban J connectivity index is 0.00000168. The second kappa shape index (κ2) is 12.9. The topological polar surface area (TPSA) is 56.8 Å². The lowest BCUT2D eigenvalue weighted by Crippen LogP contribution is -1.95. The highest BCUT2D eigenvalue weighted by molar-refractivity contribution is 9.10. The summed E-state index contributed by atoms with van der Waals surface area (Å²) in [5, 5.41) is 5.76. The Labute approximate surface area is 274 Å². The number of para-hydroxylation sites is 1. The number of hydrogen-bond donors (Lipinski definition) is 2. The molecule has 5 aromatic carbocycles. The number of benzene rings is 5. The number of imidazole rings is 1. The molecule has 7 aromatic rings. The van der Waals surface area contributed by atoms with Crippen molar-refractivity contribution in [2.24, 2.45) is 10.9 Å². The van der Waals surface area contributed by atoms with Crippen LogP contribution in [0.15, 0.2) is 107 Å². The molecule has 1 atom stereocenters. The number of nitrogens with zero attached hydrogens (tertiary/aromatic N) is 2. The van der Waals surface area contributed by atoms with Gasteiger partial charge in [0.1, 0.15) is 5.82 Å². The molecular formula is C38H34Br2N4. The van der Waals surface area contributed by atoms with E-state index in [1.54, 1.807) is 0 Å². The summed E-state index contributed by atoms with van der Waals surface area (Å²) in [5.41, 5.74) is 8.69. The Hall–Kier alpha value is -4.00. The summed E-state index contributed by atoms with van der Waals surface area (Å²) in [6, 6.07) is 29.8. The zero-order chi connectivity index (χ0) is 30.8. The molecule has 2 N–H and O–H groups in total. The number of aliphatic imine (C=N–C) groups is 1. The van der Waals surface area contributed by atoms with E-state index in [-0.39, 0.29) is 0 Å². The number of H-pyrrole nitrogens is 2. The lowest BCUT2D eigenvalue weighted by Gasteiger charge is -2.11. The van der Waals surface area contributed by atoms with Gasteiger partial charge in [0.2, 0.25) is 0 Å². The maximum atomic E-state index is 5.13. The van der Waals surface area contributed by atoms with Crippen LogP contribution in [-0.4, -0.2) is 27.0 Å². The molecule has 7 rings (SSSR count). The normalized spacial score (nSPS) is 12.8. The molecule has 44 heavy (non-hydrogen) atoms. The van der Waals surface area contributed by atoms with Crippen molar-refractivity contribution in [2.75, 3.05) is 5.83 Å². The Morgan fingerprint density at radius 3 is 2.43 bits per heavy atom. The maximum Gasteiger partial charge on any atom is 0.140 e. The van der Waals surface area contributed by atoms with Crippen LogP contribution in [0.4, 0.5) is 5.69 Å². The first-order valence-electron chi connectivity index (χ1n) is 14.8. The van der Waals surface area contributed by atoms with Crippen LogP contribution in [0.25, 0.3) is 60.4 Å². The number of halogens is 2. The second-order valence-corrected chi connectivity index (χ2v) is 12.0. The Morgan fingerprint density at radius 2 is 1.64 bits per heavy atom. The minimum Gasteiger partial charge on any atom is -0.360 e. The highest BCUT2D eigenvalue weighted by Gasteiger charge is 2.16. The first kappa shape index (κ1) is 30.0. The lowest BCUT2D eigenvalue weighted by molar-refractivity contribution is 0.700. The number of allylic oxidation sites excluding steroid dienone is 2. The van der Waals surface area contributed by atoms with Crippen LogP contribution >= 0.6 is 31.9 Å². The predicted octanol–water partition coefficient (Wildman–Crippen LogP) is 11.9. The van der Waals surface area contributed by atoms with Gasteiger partial charge in [-0.25, -0.2) is 4.98 Å². The first-order valence-corrected chi connectivity index (χ1v) is 17.2. The van der Waals surface area contributed by atoms with Gasteiger partial charge in [0.25, 0.3) is 0 Å². The van der Waals surface area contributed by atoms with E-state index in [0.717, 1.165) is 71.6 Å². The van der Waals surface area contributed by atoms with Crippen LogP contribution in [0.1, 0.15) is 31.4 Å². The first-order chi connectivity index (χ1) is 21.5. The number of fused-ring (bicyclic) bond motifs is 7. The third-order valence-corrected chi connectivity index (χ3v) is 8.76. The van der Waals surface area contributed by atoms with E-state index in [0.29, 0.717) is 5.92 Å². The second-order valence-electron chi connectivity index (χ2n) is 11.1. The third-order valence-electron chi connectivity index (χ3n) is 8.26. The van der Waals surface area contributed by atoms with Crippen LogP contribution in [0.2, 0.25) is 0 Å². The van der Waals surface area contributed by atoms with Gasteiger partial charge >= 0.3 is 0 Å². The molecule has 0 aliphatic heterocycles. The van der Waals surface area contributed by atoms with E-state index >= 15 is 0 Å². The number of aryl methyl sites for hydroxylation is 1. The minimum absolute atomic E-state index is 0.449. The molecule has 0 saturated carbocycles. The molecule has 2 aromatic heterocycles. The highest BCUT2D eigenvalue weighted by atomic mass is 79.9. The van der Waals surface area contributed by atoms with Crippen molar-refractivity contribution in [2.45, 2.75) is 27.2 Å². The predicted molar refractivity (Wildman–Crippen MR) is 198 cm³/mol. The van der Waals surface area contributed by atoms with E-state index in [1.165, 1.54) is 16.5 Å². The fourth-order valence-corrected chi connectivity index (χ4v) is 6.17. The van der Waals surface area contributed by atoms with Crippen LogP contribution in [-0.2, 0) is 0 Å². The van der Waals surface area contributed by atoms with Crippen LogP contribution in [0, 0.1) is 12.8 Å².